The summed E-state index contributed by atoms with van der Waals surface area (Å²) in [5.41, 5.74) is -1.63. The summed E-state index contributed by atoms with van der Waals surface area (Å²) < 4.78 is 78.8. The number of carbonyl (C=O) groups is 12. The predicted octanol–water partition coefficient (Wildman–Crippen LogP) is 5.46. The van der Waals surface area contributed by atoms with Gasteiger partial charge in [-0.25, -0.2) is 8.78 Å². The van der Waals surface area contributed by atoms with Crippen molar-refractivity contribution in [2.45, 2.75) is 267 Å². The minimum Gasteiger partial charge on any atom is -0.377 e. The number of likely N-dealkylation sites (N-methyl/N-ethyl adjacent to an activating group) is 6. The van der Waals surface area contributed by atoms with Gasteiger partial charge in [-0.3, -0.25) is 57.5 Å². The average molecular weight is 1480 g/mol. The Balaban J connectivity index is 1.19. The monoisotopic (exact) mass is 1470 g/mol. The number of amides is 12. The fraction of sp³-hybridized carbons (Fsp3) is 0.811. The van der Waals surface area contributed by atoms with Crippen LogP contribution in [0.15, 0.2) is 12.2 Å². The molecule has 7 fully saturated rings. The molecule has 4 aliphatic carbocycles. The number of rotatable bonds is 12. The Morgan fingerprint density at radius 1 is 0.625 bits per heavy atom. The van der Waals surface area contributed by atoms with Gasteiger partial charge in [0.15, 0.2) is 0 Å². The van der Waals surface area contributed by atoms with Crippen molar-refractivity contribution in [2.24, 2.45) is 29.6 Å². The summed E-state index contributed by atoms with van der Waals surface area (Å²) >= 11 is 0. The molecule has 0 radical (unpaired) electrons. The highest BCUT2D eigenvalue weighted by atomic mass is 19.4. The lowest BCUT2D eigenvalue weighted by molar-refractivity contribution is -0.219. The van der Waals surface area contributed by atoms with Gasteiger partial charge in [-0.1, -0.05) is 84.3 Å². The van der Waals surface area contributed by atoms with Gasteiger partial charge < -0.3 is 64.8 Å². The summed E-state index contributed by atoms with van der Waals surface area (Å²) in [6.07, 6.45) is -0.662. The minimum absolute atomic E-state index is 0.0209. The summed E-state index contributed by atoms with van der Waals surface area (Å²) in [7, 11) is 8.45. The fourth-order valence-corrected chi connectivity index (χ4v) is 17.3. The Morgan fingerprint density at radius 3 is 1.86 bits per heavy atom. The Labute approximate surface area is 609 Å². The van der Waals surface area contributed by atoms with Crippen molar-refractivity contribution in [3.63, 3.8) is 0 Å². The second-order valence-corrected chi connectivity index (χ2v) is 31.0. The van der Waals surface area contributed by atoms with Crippen LogP contribution in [0, 0.1) is 29.6 Å². The first-order chi connectivity index (χ1) is 49.3. The SMILES string of the molecule is CCO[C@@H]1C[C@H]2C(=O)NC3(CCC3)C(=O)N(C)[C@@H](C3CCCC3)C(=O)N(C)[C@H](C(=O)N3CCCC3)CC(=O)N(C)[C@@H](CC)C(=O)N[C@@H]([C@@H](C)CC)C(=O)N(C)CC(=O)N(C)[C@H]3C/C=C\CCN(C3=O)[C@@H](CC3CCCCC3)C(=O)N(C)CC(=O)N[C@@H](CCC3CC(F)C(C(F)(F)F)C(F)C3)C(=O)N2C1. The average Bonchev–Trinajstić information content (AvgIpc) is 1.35. The largest absolute Gasteiger partial charge is 0.397 e. The van der Waals surface area contributed by atoms with Crippen LogP contribution in [0.2, 0.25) is 0 Å². The fourth-order valence-electron chi connectivity index (χ4n) is 17.3. The first-order valence-electron chi connectivity index (χ1n) is 38.3. The van der Waals surface area contributed by atoms with Crippen molar-refractivity contribution < 1.29 is 84.2 Å². The van der Waals surface area contributed by atoms with E-state index in [-0.39, 0.29) is 77.0 Å². The lowest BCUT2D eigenvalue weighted by Crippen LogP contribution is -2.68. The summed E-state index contributed by atoms with van der Waals surface area (Å²) in [5.74, 6) is -13.1. The molecule has 0 aromatic heterocycles. The lowest BCUT2D eigenvalue weighted by atomic mass is 9.74. The highest BCUT2D eigenvalue weighted by molar-refractivity contribution is 6.01. The molecule has 2 unspecified atom stereocenters. The number of nitrogens with zero attached hydrogens (tertiary/aromatic N) is 9. The van der Waals surface area contributed by atoms with Crippen LogP contribution in [0.5, 0.6) is 0 Å². The van der Waals surface area contributed by atoms with E-state index in [1.807, 2.05) is 13.0 Å². The van der Waals surface area contributed by atoms with E-state index in [0.717, 1.165) is 41.9 Å². The number of carbonyl (C=O) groups excluding carboxylic acids is 12. The molecule has 12 atom stereocenters. The number of likely N-dealkylation sites (tertiary alicyclic amines) is 1. The molecule has 4 heterocycles. The van der Waals surface area contributed by atoms with Gasteiger partial charge in [0.2, 0.25) is 70.9 Å². The van der Waals surface area contributed by atoms with E-state index in [0.29, 0.717) is 70.9 Å². The maximum Gasteiger partial charge on any atom is 0.397 e. The Hall–Kier alpha value is -7.01. The van der Waals surface area contributed by atoms with Crippen LogP contribution >= 0.6 is 0 Å². The Bertz CT molecular complexity index is 3090. The number of hydrogen-bond acceptors (Lipinski definition) is 13. The Morgan fingerprint density at radius 2 is 1.26 bits per heavy atom. The second kappa shape index (κ2) is 36.5. The van der Waals surface area contributed by atoms with Crippen LogP contribution in [0.3, 0.4) is 0 Å². The molecular formula is C74H115F5N12O13. The number of nitrogens with one attached hydrogen (secondary N) is 3. The van der Waals surface area contributed by atoms with Crippen LogP contribution in [-0.2, 0) is 62.3 Å². The van der Waals surface area contributed by atoms with Crippen molar-refractivity contribution >= 4 is 70.9 Å². The Kier molecular flexibility index (Phi) is 29.0. The molecule has 2 bridgehead atoms. The highest BCUT2D eigenvalue weighted by Gasteiger charge is 2.56. The summed E-state index contributed by atoms with van der Waals surface area (Å²) in [5, 5.41) is 8.57. The molecule has 3 saturated heterocycles. The van der Waals surface area contributed by atoms with E-state index in [1.165, 1.54) is 71.7 Å². The van der Waals surface area contributed by atoms with Gasteiger partial charge in [-0.15, -0.1) is 0 Å². The molecule has 104 heavy (non-hydrogen) atoms. The molecule has 4 aliphatic heterocycles. The van der Waals surface area contributed by atoms with Crippen molar-refractivity contribution in [3.8, 4) is 0 Å². The van der Waals surface area contributed by atoms with Gasteiger partial charge in [-0.2, -0.15) is 13.2 Å². The smallest absolute Gasteiger partial charge is 0.377 e. The van der Waals surface area contributed by atoms with E-state index in [4.69, 9.17) is 4.74 Å². The minimum atomic E-state index is -5.17. The second-order valence-electron chi connectivity index (χ2n) is 31.0. The van der Waals surface area contributed by atoms with Crippen molar-refractivity contribution in [1.29, 1.82) is 0 Å². The zero-order valence-corrected chi connectivity index (χ0v) is 62.7. The van der Waals surface area contributed by atoms with Crippen LogP contribution in [-0.4, -0.2) is 282 Å². The standard InChI is InChI=1S/C74H115F5N12O13/c1-11-45(4)62-70(101)84(6)44-60(94)86(8)54-29-18-15-21-36-90(69(54)100)57(39-46-25-16-14-17-26-46)67(98)83(5)43-58(92)80-52(31-30-47-37-50(75)61(51(76)38-47)74(77,78)79)66(97)91-42-49(104-13-3)40-55(91)65(96)82-73(32-24-33-73)72(103)88(10)63(48-27-19-20-28-48)71(102)87(9)56(68(99)89-34-22-23-35-89)41-59(93)85(7)53(12-2)64(95)81-62/h15,18,45-57,61-63H,11-14,16-17,19-44H2,1-10H3,(H,80,92)(H,81,95)(H,82,96)/b18-15-/t45-,47?,49+,50?,51?,52-,53-,54-,55-,56-,57-,61?,62-,63-/m0/s1. The quantitative estimate of drug-likeness (QED) is 0.162. The maximum atomic E-state index is 15.6. The van der Waals surface area contributed by atoms with Crippen molar-refractivity contribution in [2.75, 3.05) is 88.2 Å². The molecule has 30 heteroatoms. The molecule has 4 saturated carbocycles. The van der Waals surface area contributed by atoms with Gasteiger partial charge in [0.25, 0.3) is 0 Å². The van der Waals surface area contributed by atoms with Crippen molar-refractivity contribution in [3.05, 3.63) is 12.2 Å². The van der Waals surface area contributed by atoms with E-state index in [9.17, 15) is 41.9 Å². The lowest BCUT2D eigenvalue weighted by Gasteiger charge is -2.46. The van der Waals surface area contributed by atoms with E-state index in [1.54, 1.807) is 31.7 Å². The van der Waals surface area contributed by atoms with Gasteiger partial charge in [0, 0.05) is 81.5 Å². The molecule has 0 aromatic rings. The molecule has 25 nitrogen and oxygen atoms in total. The summed E-state index contributed by atoms with van der Waals surface area (Å²) in [6, 6.07) is -10.4. The number of ether oxygens (including phenoxy) is 1. The number of alkyl halides is 5. The molecule has 8 aliphatic rings. The molecule has 12 amide bonds. The molecule has 0 aromatic carbocycles. The van der Waals surface area contributed by atoms with Gasteiger partial charge >= 0.3 is 6.18 Å². The van der Waals surface area contributed by atoms with E-state index in [2.05, 4.69) is 16.0 Å². The van der Waals surface area contributed by atoms with Crippen LogP contribution < -0.4 is 16.0 Å². The first-order valence-corrected chi connectivity index (χ1v) is 38.3. The summed E-state index contributed by atoms with van der Waals surface area (Å²) in [4.78, 5) is 192. The van der Waals surface area contributed by atoms with Crippen LogP contribution in [0.25, 0.3) is 0 Å². The molecule has 8 rings (SSSR count). The number of fused-ring (bicyclic) bond motifs is 3. The predicted molar refractivity (Wildman–Crippen MR) is 374 cm³/mol. The third-order valence-electron chi connectivity index (χ3n) is 24.0. The first kappa shape index (κ1) is 82.6. The zero-order valence-electron chi connectivity index (χ0n) is 62.7. The van der Waals surface area contributed by atoms with Gasteiger partial charge in [0.05, 0.1) is 25.6 Å². The van der Waals surface area contributed by atoms with E-state index < -0.39 is 205 Å². The number of halogens is 5. The molecule has 584 valence electrons. The zero-order chi connectivity index (χ0) is 76.2. The summed E-state index contributed by atoms with van der Waals surface area (Å²) in [6.45, 7) is 6.34. The maximum absolute atomic E-state index is 15.6. The molecular weight excluding hydrogens is 1360 g/mol. The topological polar surface area (TPSA) is 279 Å². The molecule has 1 spiro atoms. The van der Waals surface area contributed by atoms with Gasteiger partial charge in [-0.05, 0) is 127 Å². The molecule has 3 N–H and O–H groups in total. The van der Waals surface area contributed by atoms with Crippen molar-refractivity contribution in [1.82, 2.24) is 60.0 Å². The normalized spacial score (nSPS) is 32.1. The highest BCUT2D eigenvalue weighted by Crippen LogP contribution is 2.45. The van der Waals surface area contributed by atoms with Crippen LogP contribution in [0.4, 0.5) is 22.0 Å². The number of hydrogen-bond donors (Lipinski definition) is 3. The van der Waals surface area contributed by atoms with Crippen LogP contribution in [0.1, 0.15) is 188 Å². The third kappa shape index (κ3) is 19.4. The van der Waals surface area contributed by atoms with E-state index >= 15 is 37.5 Å². The third-order valence-corrected chi connectivity index (χ3v) is 24.0. The van der Waals surface area contributed by atoms with Gasteiger partial charge in [0.1, 0.15) is 72.1 Å².